The fourth-order valence-electron chi connectivity index (χ4n) is 3.58. The normalized spacial score (nSPS) is 14.2. The number of halogens is 1. The molecule has 0 saturated heterocycles. The molecule has 7 heteroatoms. The van der Waals surface area contributed by atoms with Crippen LogP contribution in [0.5, 0.6) is 0 Å². The van der Waals surface area contributed by atoms with Crippen molar-refractivity contribution in [3.8, 4) is 0 Å². The Balaban J connectivity index is 0.00000392. The molecule has 2 rings (SSSR count). The van der Waals surface area contributed by atoms with Crippen LogP contribution in [0.15, 0.2) is 24.5 Å². The van der Waals surface area contributed by atoms with Gasteiger partial charge in [0.1, 0.15) is 0 Å². The molecule has 0 unspecified atom stereocenters. The molecule has 0 aliphatic heterocycles. The highest BCUT2D eigenvalue weighted by Gasteiger charge is 2.18. The van der Waals surface area contributed by atoms with Gasteiger partial charge in [0.2, 0.25) is 0 Å². The van der Waals surface area contributed by atoms with E-state index < -0.39 is 0 Å². The highest BCUT2D eigenvalue weighted by Crippen LogP contribution is 2.26. The minimum atomic E-state index is 0. The second kappa shape index (κ2) is 14.7. The van der Waals surface area contributed by atoms with Crippen LogP contribution in [-0.2, 0) is 11.2 Å². The van der Waals surface area contributed by atoms with Gasteiger partial charge in [-0.25, -0.2) is 4.79 Å². The van der Waals surface area contributed by atoms with Gasteiger partial charge in [0.25, 0.3) is 0 Å². The fourth-order valence-corrected chi connectivity index (χ4v) is 4.18. The summed E-state index contributed by atoms with van der Waals surface area (Å²) < 4.78 is 0. The largest absolute Gasteiger partial charge is 0.338 e. The van der Waals surface area contributed by atoms with E-state index in [1.54, 1.807) is 19.3 Å². The van der Waals surface area contributed by atoms with E-state index in [1.807, 2.05) is 17.0 Å². The maximum atomic E-state index is 12.6. The summed E-state index contributed by atoms with van der Waals surface area (Å²) in [4.78, 5) is 29.7. The van der Waals surface area contributed by atoms with E-state index in [9.17, 15) is 9.59 Å². The minimum Gasteiger partial charge on any atom is -0.338 e. The Hall–Kier alpha value is -1.27. The Morgan fingerprint density at radius 2 is 1.89 bits per heavy atom. The lowest BCUT2D eigenvalue weighted by atomic mass is 9.87. The van der Waals surface area contributed by atoms with Crippen LogP contribution in [0.1, 0.15) is 57.4 Å². The van der Waals surface area contributed by atoms with Crippen molar-refractivity contribution in [3.05, 3.63) is 30.1 Å². The van der Waals surface area contributed by atoms with Crippen LogP contribution in [0.4, 0.5) is 4.79 Å². The number of pyridine rings is 1. The van der Waals surface area contributed by atoms with Gasteiger partial charge in [0.05, 0.1) is 0 Å². The number of nitrogens with one attached hydrogen (secondary N) is 1. The first-order valence-corrected chi connectivity index (χ1v) is 11.2. The van der Waals surface area contributed by atoms with Gasteiger partial charge in [0, 0.05) is 44.7 Å². The van der Waals surface area contributed by atoms with E-state index >= 15 is 0 Å². The first kappa shape index (κ1) is 24.8. The standard InChI is InChI=1S/C21H33N3O2S.ClH/c1-18(25)27-17-16-24(15-11-19-6-3-2-4-7-19)21(26)23-12-5-8-20-9-13-22-14-10-20;/h9-10,13-14,19H,2-8,11-12,15-17H2,1H3,(H,23,26);1H. The molecule has 1 aliphatic carbocycles. The van der Waals surface area contributed by atoms with Gasteiger partial charge in [-0.15, -0.1) is 12.4 Å². The van der Waals surface area contributed by atoms with Crippen LogP contribution >= 0.6 is 24.2 Å². The molecule has 158 valence electrons. The second-order valence-electron chi connectivity index (χ2n) is 7.31. The van der Waals surface area contributed by atoms with Gasteiger partial charge in [0.15, 0.2) is 5.12 Å². The maximum absolute atomic E-state index is 12.6. The number of aromatic nitrogens is 1. The summed E-state index contributed by atoms with van der Waals surface area (Å²) in [5.74, 6) is 1.42. The Labute approximate surface area is 179 Å². The third-order valence-electron chi connectivity index (χ3n) is 5.15. The predicted molar refractivity (Wildman–Crippen MR) is 119 cm³/mol. The molecule has 0 radical (unpaired) electrons. The summed E-state index contributed by atoms with van der Waals surface area (Å²) in [6.45, 7) is 3.67. The SMILES string of the molecule is CC(=O)SCCN(CCC1CCCCC1)C(=O)NCCCc1ccncc1.Cl. The molecule has 1 aliphatic rings. The number of urea groups is 1. The van der Waals surface area contributed by atoms with E-state index in [2.05, 4.69) is 10.3 Å². The lowest BCUT2D eigenvalue weighted by molar-refractivity contribution is -0.109. The molecule has 1 aromatic heterocycles. The molecule has 0 spiro atoms. The van der Waals surface area contributed by atoms with Crippen molar-refractivity contribution in [1.82, 2.24) is 15.2 Å². The Morgan fingerprint density at radius 3 is 2.57 bits per heavy atom. The Kier molecular flexibility index (Phi) is 13.0. The van der Waals surface area contributed by atoms with Crippen molar-refractivity contribution in [2.24, 2.45) is 5.92 Å². The number of amides is 2. The van der Waals surface area contributed by atoms with Gasteiger partial charge in [-0.3, -0.25) is 9.78 Å². The summed E-state index contributed by atoms with van der Waals surface area (Å²) >= 11 is 1.30. The fraction of sp³-hybridized carbons (Fsp3) is 0.667. The van der Waals surface area contributed by atoms with Gasteiger partial charge < -0.3 is 10.2 Å². The first-order valence-electron chi connectivity index (χ1n) is 10.2. The zero-order valence-corrected chi connectivity index (χ0v) is 18.5. The molecular formula is C21H34ClN3O2S. The van der Waals surface area contributed by atoms with E-state index in [-0.39, 0.29) is 23.6 Å². The summed E-state index contributed by atoms with van der Waals surface area (Å²) in [6, 6.07) is 4.03. The summed E-state index contributed by atoms with van der Waals surface area (Å²) in [5.41, 5.74) is 1.24. The lowest BCUT2D eigenvalue weighted by Gasteiger charge is -2.27. The molecule has 1 fully saturated rings. The molecule has 1 heterocycles. The van der Waals surface area contributed by atoms with Crippen molar-refractivity contribution >= 4 is 35.3 Å². The molecule has 0 bridgehead atoms. The van der Waals surface area contributed by atoms with Crippen LogP contribution in [-0.4, -0.2) is 46.4 Å². The topological polar surface area (TPSA) is 62.3 Å². The van der Waals surface area contributed by atoms with Gasteiger partial charge >= 0.3 is 6.03 Å². The smallest absolute Gasteiger partial charge is 0.317 e. The number of hydrogen-bond donors (Lipinski definition) is 1. The van der Waals surface area contributed by atoms with E-state index in [1.165, 1.54) is 49.4 Å². The summed E-state index contributed by atoms with van der Waals surface area (Å²) in [7, 11) is 0. The number of rotatable bonds is 10. The van der Waals surface area contributed by atoms with Crippen LogP contribution in [0.2, 0.25) is 0 Å². The quantitative estimate of drug-likeness (QED) is 0.550. The molecular weight excluding hydrogens is 394 g/mol. The van der Waals surface area contributed by atoms with Crippen LogP contribution < -0.4 is 5.32 Å². The molecule has 1 N–H and O–H groups in total. The molecule has 1 saturated carbocycles. The van der Waals surface area contributed by atoms with Crippen molar-refractivity contribution in [1.29, 1.82) is 0 Å². The molecule has 5 nitrogen and oxygen atoms in total. The monoisotopic (exact) mass is 427 g/mol. The molecule has 0 aromatic carbocycles. The number of aryl methyl sites for hydroxylation is 1. The van der Waals surface area contributed by atoms with E-state index in [0.29, 0.717) is 18.8 Å². The van der Waals surface area contributed by atoms with Crippen molar-refractivity contribution in [3.63, 3.8) is 0 Å². The molecule has 0 atom stereocenters. The zero-order chi connectivity index (χ0) is 19.3. The van der Waals surface area contributed by atoms with Gasteiger partial charge in [-0.2, -0.15) is 0 Å². The van der Waals surface area contributed by atoms with Crippen LogP contribution in [0.3, 0.4) is 0 Å². The average molecular weight is 428 g/mol. The highest BCUT2D eigenvalue weighted by atomic mass is 35.5. The Morgan fingerprint density at radius 1 is 1.18 bits per heavy atom. The van der Waals surface area contributed by atoms with Crippen molar-refractivity contribution in [2.75, 3.05) is 25.4 Å². The van der Waals surface area contributed by atoms with Crippen LogP contribution in [0.25, 0.3) is 0 Å². The molecule has 28 heavy (non-hydrogen) atoms. The number of thioether (sulfide) groups is 1. The average Bonchev–Trinajstić information content (AvgIpc) is 2.69. The number of nitrogens with zero attached hydrogens (tertiary/aromatic N) is 2. The summed E-state index contributed by atoms with van der Waals surface area (Å²) in [5, 5.41) is 3.17. The van der Waals surface area contributed by atoms with Gasteiger partial charge in [-0.1, -0.05) is 43.9 Å². The summed E-state index contributed by atoms with van der Waals surface area (Å²) in [6.07, 6.45) is 13.1. The maximum Gasteiger partial charge on any atom is 0.317 e. The van der Waals surface area contributed by atoms with E-state index in [4.69, 9.17) is 0 Å². The lowest BCUT2D eigenvalue weighted by Crippen LogP contribution is -2.42. The van der Waals surface area contributed by atoms with E-state index in [0.717, 1.165) is 31.7 Å². The number of hydrogen-bond acceptors (Lipinski definition) is 4. The zero-order valence-electron chi connectivity index (χ0n) is 16.9. The third kappa shape index (κ3) is 10.3. The third-order valence-corrected chi connectivity index (χ3v) is 5.95. The second-order valence-corrected chi connectivity index (χ2v) is 8.58. The highest BCUT2D eigenvalue weighted by molar-refractivity contribution is 8.13. The Bertz CT molecular complexity index is 568. The van der Waals surface area contributed by atoms with Crippen molar-refractivity contribution in [2.45, 2.75) is 58.3 Å². The van der Waals surface area contributed by atoms with Crippen molar-refractivity contribution < 1.29 is 9.59 Å². The number of carbonyl (C=O) groups is 2. The van der Waals surface area contributed by atoms with Crippen LogP contribution in [0, 0.1) is 5.92 Å². The number of carbonyl (C=O) groups excluding carboxylic acids is 2. The van der Waals surface area contributed by atoms with Gasteiger partial charge in [-0.05, 0) is 42.9 Å². The minimum absolute atomic E-state index is 0. The predicted octanol–water partition coefficient (Wildman–Crippen LogP) is 4.70. The molecule has 2 amide bonds. The first-order chi connectivity index (χ1) is 13.1. The molecule has 1 aromatic rings.